The standard InChI is InChI=1S/C32H27N5O8.C28H24O9.C6H7N5O/c1-41-32-35-26(33)23-27(36-32)37(18-34-23)28-25(45-31(40)21-15-9-4-10-16-21)24(44-30(39)20-13-7-3-8-14-20)22(43-28)17-42-29(38)19-11-5-2-6-12-19;1-18(29)34-28-24(37-27(32)21-15-9-4-10-16-21)23(36-26(31)20-13-7-3-8-14-20)22(35-28)17-33-25(30)19-11-5-2-6-12-19;1-12-6-10-4(7)3-5(11-6)9-2-8-3/h2-16,18,22,24-25,28H,17H2,1H3,(H2,33,35,36);2-16,22-24,28H,17H2,1H3;2H,1H3,(H3,7,8,9,10,11)/t22-,24-,25-,28?;22-,23-,24-,28?;/m11./s1. The third kappa shape index (κ3) is 15.9. The lowest BCUT2D eigenvalue weighted by Crippen LogP contribution is -2.42. The summed E-state index contributed by atoms with van der Waals surface area (Å²) in [5.74, 6) is -4.44. The van der Waals surface area contributed by atoms with Gasteiger partial charge in [0, 0.05) is 6.92 Å². The highest BCUT2D eigenvalue weighted by Gasteiger charge is 2.53. The average molecular weight is 1280 g/mol. The Balaban J connectivity index is 0.000000176. The van der Waals surface area contributed by atoms with Gasteiger partial charge in [0.15, 0.2) is 53.0 Å². The molecule has 480 valence electrons. The number of carbonyl (C=O) groups excluding carboxylic acids is 7. The number of fused-ring (bicyclic) bond motifs is 2. The summed E-state index contributed by atoms with van der Waals surface area (Å²) in [6, 6.07) is 49.8. The number of esters is 7. The summed E-state index contributed by atoms with van der Waals surface area (Å²) >= 11 is 0. The van der Waals surface area contributed by atoms with Gasteiger partial charge < -0.3 is 68.6 Å². The zero-order valence-corrected chi connectivity index (χ0v) is 50.1. The molecule has 8 atom stereocenters. The molecule has 12 rings (SSSR count). The average Bonchev–Trinajstić information content (AvgIpc) is 1.61. The molecule has 2 aliphatic heterocycles. The summed E-state index contributed by atoms with van der Waals surface area (Å²) in [4.78, 5) is 117. The zero-order valence-electron chi connectivity index (χ0n) is 50.1. The van der Waals surface area contributed by atoms with Gasteiger partial charge in [0.1, 0.15) is 30.9 Å². The van der Waals surface area contributed by atoms with Crippen LogP contribution in [0.3, 0.4) is 0 Å². The number of H-pyrrole nitrogens is 1. The summed E-state index contributed by atoms with van der Waals surface area (Å²) in [6.07, 6.45) is -6.93. The highest BCUT2D eigenvalue weighted by molar-refractivity contribution is 5.93. The summed E-state index contributed by atoms with van der Waals surface area (Å²) in [5.41, 5.74) is 14.9. The normalized spacial score (nSPS) is 18.5. The van der Waals surface area contributed by atoms with E-state index in [9.17, 15) is 33.6 Å². The molecule has 2 unspecified atom stereocenters. The summed E-state index contributed by atoms with van der Waals surface area (Å²) in [5, 5.41) is 0. The minimum Gasteiger partial charge on any atom is -0.467 e. The Labute approximate surface area is 533 Å². The Morgan fingerprint density at radius 3 is 1.28 bits per heavy atom. The lowest BCUT2D eigenvalue weighted by atomic mass is 10.1. The molecule has 2 aliphatic rings. The molecule has 28 nitrogen and oxygen atoms in total. The fourth-order valence-electron chi connectivity index (χ4n) is 9.50. The van der Waals surface area contributed by atoms with E-state index >= 15 is 0 Å². The van der Waals surface area contributed by atoms with Crippen molar-refractivity contribution in [3.8, 4) is 12.0 Å². The number of hydrogen-bond donors (Lipinski definition) is 3. The van der Waals surface area contributed by atoms with Crippen LogP contribution in [0, 0.1) is 0 Å². The van der Waals surface area contributed by atoms with Crippen LogP contribution in [0.25, 0.3) is 22.3 Å². The van der Waals surface area contributed by atoms with E-state index < -0.39 is 90.9 Å². The molecule has 6 heterocycles. The van der Waals surface area contributed by atoms with Gasteiger partial charge in [0.2, 0.25) is 12.4 Å². The number of benzene rings is 6. The lowest BCUT2D eigenvalue weighted by molar-refractivity contribution is -0.188. The topological polar surface area (TPSA) is 371 Å². The molecule has 0 radical (unpaired) electrons. The van der Waals surface area contributed by atoms with Crippen molar-refractivity contribution in [2.75, 3.05) is 38.9 Å². The molecule has 0 aliphatic carbocycles. The number of hydrogen-bond acceptors (Lipinski definition) is 26. The number of nitrogens with one attached hydrogen (secondary N) is 1. The predicted molar refractivity (Wildman–Crippen MR) is 329 cm³/mol. The molecule has 2 saturated heterocycles. The van der Waals surface area contributed by atoms with Gasteiger partial charge in [-0.15, -0.1) is 0 Å². The first-order chi connectivity index (χ1) is 45.7. The van der Waals surface area contributed by atoms with Crippen LogP contribution < -0.4 is 20.9 Å². The van der Waals surface area contributed by atoms with Crippen LogP contribution >= 0.6 is 0 Å². The molecule has 0 saturated carbocycles. The maximum absolute atomic E-state index is 13.4. The number of rotatable bonds is 18. The van der Waals surface area contributed by atoms with E-state index in [0.29, 0.717) is 28.1 Å². The molecular formula is C66H58N10O18. The number of ether oxygens (including phenoxy) is 11. The highest BCUT2D eigenvalue weighted by atomic mass is 16.8. The van der Waals surface area contributed by atoms with E-state index in [-0.39, 0.29) is 64.5 Å². The summed E-state index contributed by atoms with van der Waals surface area (Å²) < 4.78 is 63.1. The number of nitrogen functional groups attached to an aromatic ring is 2. The minimum atomic E-state index is -1.40. The Morgan fingerprint density at radius 2 is 0.840 bits per heavy atom. The SMILES string of the molecule is CC(=O)OC1O[C@H](COC(=O)c2ccccc2)[C@@H](OC(=O)c2ccccc2)[C@H]1OC(=O)c1ccccc1.COc1nc(N)c2[nH]cnc2n1.COc1nc(N)c2ncn(C3O[C@H](COC(=O)c4ccccc4)[C@@H](OC(=O)c4ccccc4)[C@H]3OC(=O)c3ccccc3)c2n1. The molecule has 0 bridgehead atoms. The van der Waals surface area contributed by atoms with Gasteiger partial charge in [0.25, 0.3) is 0 Å². The van der Waals surface area contributed by atoms with E-state index in [2.05, 4.69) is 34.9 Å². The number of methoxy groups -OCH3 is 2. The van der Waals surface area contributed by atoms with Gasteiger partial charge in [-0.05, 0) is 72.8 Å². The summed E-state index contributed by atoms with van der Waals surface area (Å²) in [7, 11) is 2.86. The van der Waals surface area contributed by atoms with Crippen LogP contribution in [0.15, 0.2) is 195 Å². The van der Waals surface area contributed by atoms with Crippen molar-refractivity contribution in [2.24, 2.45) is 0 Å². The highest BCUT2D eigenvalue weighted by Crippen LogP contribution is 2.38. The molecule has 0 amide bonds. The smallest absolute Gasteiger partial charge is 0.338 e. The number of aromatic nitrogens is 8. The van der Waals surface area contributed by atoms with Crippen molar-refractivity contribution in [3.63, 3.8) is 0 Å². The fourth-order valence-corrected chi connectivity index (χ4v) is 9.50. The minimum absolute atomic E-state index is 0.0297. The number of carbonyl (C=O) groups is 7. The van der Waals surface area contributed by atoms with Crippen LogP contribution in [0.2, 0.25) is 0 Å². The van der Waals surface area contributed by atoms with Gasteiger partial charge in [-0.3, -0.25) is 9.36 Å². The summed E-state index contributed by atoms with van der Waals surface area (Å²) in [6.45, 7) is 0.453. The van der Waals surface area contributed by atoms with Gasteiger partial charge in [-0.2, -0.15) is 19.9 Å². The molecule has 4 aromatic heterocycles. The van der Waals surface area contributed by atoms with E-state index in [4.69, 9.17) is 63.6 Å². The molecule has 2 fully saturated rings. The van der Waals surface area contributed by atoms with Gasteiger partial charge in [-0.25, -0.2) is 38.7 Å². The molecule has 28 heteroatoms. The Morgan fingerprint density at radius 1 is 0.457 bits per heavy atom. The van der Waals surface area contributed by atoms with Gasteiger partial charge in [0.05, 0.1) is 60.3 Å². The molecule has 0 spiro atoms. The number of aromatic amines is 1. The number of anilines is 2. The Kier molecular flexibility index (Phi) is 21.1. The third-order valence-electron chi connectivity index (χ3n) is 14.0. The quantitative estimate of drug-likeness (QED) is 0.0567. The van der Waals surface area contributed by atoms with Crippen LogP contribution in [0.1, 0.15) is 75.3 Å². The van der Waals surface area contributed by atoms with Gasteiger partial charge in [-0.1, -0.05) is 109 Å². The van der Waals surface area contributed by atoms with Crippen molar-refractivity contribution in [3.05, 3.63) is 228 Å². The zero-order chi connectivity index (χ0) is 66.1. The van der Waals surface area contributed by atoms with E-state index in [1.165, 1.54) is 31.4 Å². The van der Waals surface area contributed by atoms with Crippen molar-refractivity contribution in [1.82, 2.24) is 39.5 Å². The monoisotopic (exact) mass is 1280 g/mol. The van der Waals surface area contributed by atoms with Crippen LogP contribution in [0.5, 0.6) is 12.0 Å². The van der Waals surface area contributed by atoms with Crippen LogP contribution in [-0.2, 0) is 47.4 Å². The molecule has 10 aromatic rings. The lowest BCUT2D eigenvalue weighted by Gasteiger charge is -2.25. The van der Waals surface area contributed by atoms with E-state index in [0.717, 1.165) is 6.92 Å². The second-order valence-corrected chi connectivity index (χ2v) is 20.2. The predicted octanol–water partition coefficient (Wildman–Crippen LogP) is 7.15. The Hall–Kier alpha value is -12.2. The number of nitrogens with two attached hydrogens (primary N) is 2. The van der Waals surface area contributed by atoms with Crippen LogP contribution in [0.4, 0.5) is 11.6 Å². The maximum atomic E-state index is 13.4. The van der Waals surface area contributed by atoms with E-state index in [1.54, 1.807) is 182 Å². The van der Waals surface area contributed by atoms with Crippen LogP contribution in [-0.4, -0.2) is 152 Å². The number of imidazole rings is 2. The first-order valence-corrected chi connectivity index (χ1v) is 28.7. The Bertz CT molecular complexity index is 4250. The molecule has 6 aromatic carbocycles. The maximum Gasteiger partial charge on any atom is 0.338 e. The molecule has 94 heavy (non-hydrogen) atoms. The molecule has 5 N–H and O–H groups in total. The second kappa shape index (κ2) is 30.6. The first kappa shape index (κ1) is 64.8. The largest absolute Gasteiger partial charge is 0.467 e. The van der Waals surface area contributed by atoms with Crippen molar-refractivity contribution < 1.29 is 85.7 Å². The molecular weight excluding hydrogens is 1220 g/mol. The van der Waals surface area contributed by atoms with Gasteiger partial charge >= 0.3 is 53.8 Å². The fraction of sp³-hybridized carbons (Fsp3) is 0.197. The van der Waals surface area contributed by atoms with E-state index in [1.807, 2.05) is 0 Å². The van der Waals surface area contributed by atoms with Crippen molar-refractivity contribution in [1.29, 1.82) is 0 Å². The third-order valence-corrected chi connectivity index (χ3v) is 14.0. The first-order valence-electron chi connectivity index (χ1n) is 28.7. The number of nitrogens with zero attached hydrogens (tertiary/aromatic N) is 7. The van der Waals surface area contributed by atoms with Crippen molar-refractivity contribution >= 4 is 75.7 Å². The van der Waals surface area contributed by atoms with Crippen molar-refractivity contribution in [2.45, 2.75) is 56.1 Å². The second-order valence-electron chi connectivity index (χ2n) is 20.2.